The van der Waals surface area contributed by atoms with Crippen LogP contribution < -0.4 is 5.43 Å². The van der Waals surface area contributed by atoms with Crippen molar-refractivity contribution in [2.24, 2.45) is 7.05 Å². The highest BCUT2D eigenvalue weighted by Crippen LogP contribution is 2.31. The van der Waals surface area contributed by atoms with Crippen molar-refractivity contribution in [3.63, 3.8) is 0 Å². The van der Waals surface area contributed by atoms with Crippen LogP contribution in [0.4, 0.5) is 13.2 Å². The number of hydrogen-bond acceptors (Lipinski definition) is 3. The van der Waals surface area contributed by atoms with Crippen LogP contribution >= 0.6 is 0 Å². The third-order valence-corrected chi connectivity index (χ3v) is 5.06. The Hall–Kier alpha value is -2.09. The summed E-state index contributed by atoms with van der Waals surface area (Å²) in [6, 6.07) is 4.24. The minimum atomic E-state index is -4.55. The molecule has 23 heavy (non-hydrogen) atoms. The molecular formula is C15H14F3NO3S. The number of hydrogen-bond donors (Lipinski definition) is 0. The Morgan fingerprint density at radius 2 is 1.83 bits per heavy atom. The van der Waals surface area contributed by atoms with Gasteiger partial charge < -0.3 is 4.57 Å². The molecule has 8 heteroatoms. The van der Waals surface area contributed by atoms with Crippen LogP contribution in [0, 0.1) is 0 Å². The first-order chi connectivity index (χ1) is 10.6. The first-order valence-electron chi connectivity index (χ1n) is 6.67. The molecule has 0 saturated heterocycles. The molecule has 0 fully saturated rings. The van der Waals surface area contributed by atoms with E-state index in [1.807, 2.05) is 0 Å². The van der Waals surface area contributed by atoms with E-state index in [-0.39, 0.29) is 16.9 Å². The number of aromatic nitrogens is 1. The fourth-order valence-corrected chi connectivity index (χ4v) is 3.15. The normalized spacial score (nSPS) is 12.4. The fraction of sp³-hybridized carbons (Fsp3) is 0.267. The Bertz CT molecular complexity index is 899. The lowest BCUT2D eigenvalue weighted by Gasteiger charge is -2.11. The van der Waals surface area contributed by atoms with Crippen LogP contribution in [0.25, 0.3) is 11.1 Å². The molecule has 2 rings (SSSR count). The Labute approximate surface area is 131 Å². The average Bonchev–Trinajstić information content (AvgIpc) is 2.48. The third-order valence-electron chi connectivity index (χ3n) is 3.34. The highest BCUT2D eigenvalue weighted by molar-refractivity contribution is 7.91. The predicted octanol–water partition coefficient (Wildman–Crippen LogP) is 2.86. The molecule has 4 nitrogen and oxygen atoms in total. The summed E-state index contributed by atoms with van der Waals surface area (Å²) >= 11 is 0. The smallest absolute Gasteiger partial charge is 0.355 e. The van der Waals surface area contributed by atoms with Crippen molar-refractivity contribution in [2.45, 2.75) is 18.0 Å². The zero-order valence-corrected chi connectivity index (χ0v) is 13.2. The molecule has 0 radical (unpaired) electrons. The molecule has 1 heterocycles. The number of nitrogens with zero attached hydrogens (tertiary/aromatic N) is 1. The van der Waals surface area contributed by atoms with Gasteiger partial charge in [-0.15, -0.1) is 0 Å². The van der Waals surface area contributed by atoms with Crippen molar-refractivity contribution in [3.05, 3.63) is 52.4 Å². The summed E-state index contributed by atoms with van der Waals surface area (Å²) in [5.74, 6) is -0.270. The van der Waals surface area contributed by atoms with Crippen molar-refractivity contribution < 1.29 is 21.6 Å². The Morgan fingerprint density at radius 1 is 1.17 bits per heavy atom. The summed E-state index contributed by atoms with van der Waals surface area (Å²) in [6.45, 7) is 1.39. The van der Waals surface area contributed by atoms with Gasteiger partial charge in [-0.05, 0) is 17.7 Å². The van der Waals surface area contributed by atoms with Gasteiger partial charge in [-0.1, -0.05) is 19.1 Å². The molecule has 0 aliphatic rings. The lowest BCUT2D eigenvalue weighted by Crippen LogP contribution is -2.20. The van der Waals surface area contributed by atoms with Crippen molar-refractivity contribution in [1.82, 2.24) is 4.57 Å². The van der Waals surface area contributed by atoms with Crippen LogP contribution in [0.1, 0.15) is 12.5 Å². The number of halogens is 3. The summed E-state index contributed by atoms with van der Waals surface area (Å²) in [7, 11) is -2.27. The zero-order valence-electron chi connectivity index (χ0n) is 12.4. The molecule has 0 N–H and O–H groups in total. The summed E-state index contributed by atoms with van der Waals surface area (Å²) in [5, 5.41) is 0. The molecule has 2 aromatic rings. The topological polar surface area (TPSA) is 56.1 Å². The molecule has 0 spiro atoms. The maximum atomic E-state index is 12.8. The largest absolute Gasteiger partial charge is 0.416 e. The highest BCUT2D eigenvalue weighted by Gasteiger charge is 2.30. The van der Waals surface area contributed by atoms with Gasteiger partial charge >= 0.3 is 6.18 Å². The summed E-state index contributed by atoms with van der Waals surface area (Å²) in [4.78, 5) is 12.0. The third kappa shape index (κ3) is 3.47. The molecule has 0 aliphatic carbocycles. The number of alkyl halides is 3. The molecule has 0 unspecified atom stereocenters. The minimum Gasteiger partial charge on any atom is -0.355 e. The van der Waals surface area contributed by atoms with E-state index in [0.717, 1.165) is 18.3 Å². The molecule has 1 aromatic heterocycles. The van der Waals surface area contributed by atoms with Crippen molar-refractivity contribution in [1.29, 1.82) is 0 Å². The van der Waals surface area contributed by atoms with Gasteiger partial charge in [0.15, 0.2) is 9.84 Å². The number of rotatable bonds is 3. The molecule has 0 amide bonds. The maximum absolute atomic E-state index is 12.8. The van der Waals surface area contributed by atoms with Gasteiger partial charge in [0.25, 0.3) is 0 Å². The lowest BCUT2D eigenvalue weighted by molar-refractivity contribution is -0.137. The molecule has 1 aromatic carbocycles. The molecule has 0 atom stereocenters. The molecule has 0 saturated carbocycles. The quantitative estimate of drug-likeness (QED) is 0.859. The SMILES string of the molecule is CCS(=O)(=O)c1cn(C)cc(-c2cccc(C(F)(F)F)c2)c1=O. The van der Waals surface area contributed by atoms with Crippen LogP contribution in [-0.2, 0) is 23.1 Å². The van der Waals surface area contributed by atoms with E-state index in [4.69, 9.17) is 0 Å². The van der Waals surface area contributed by atoms with Crippen LogP contribution in [-0.4, -0.2) is 18.7 Å². The van der Waals surface area contributed by atoms with Gasteiger partial charge in [-0.3, -0.25) is 4.79 Å². The highest BCUT2D eigenvalue weighted by atomic mass is 32.2. The molecule has 0 aliphatic heterocycles. The lowest BCUT2D eigenvalue weighted by atomic mass is 10.0. The second-order valence-corrected chi connectivity index (χ2v) is 7.26. The van der Waals surface area contributed by atoms with Gasteiger partial charge in [0.2, 0.25) is 5.43 Å². The average molecular weight is 345 g/mol. The Kier molecular flexibility index (Phi) is 4.39. The molecular weight excluding hydrogens is 331 g/mol. The summed E-state index contributed by atoms with van der Waals surface area (Å²) < 4.78 is 63.7. The molecule has 0 bridgehead atoms. The monoisotopic (exact) mass is 345 g/mol. The van der Waals surface area contributed by atoms with E-state index < -0.39 is 31.9 Å². The van der Waals surface area contributed by atoms with Crippen LogP contribution in [0.3, 0.4) is 0 Å². The van der Waals surface area contributed by atoms with E-state index in [1.165, 1.54) is 36.9 Å². The number of aryl methyl sites for hydroxylation is 1. The Balaban J connectivity index is 2.74. The van der Waals surface area contributed by atoms with E-state index in [2.05, 4.69) is 0 Å². The van der Waals surface area contributed by atoms with Gasteiger partial charge in [-0.2, -0.15) is 13.2 Å². The Morgan fingerprint density at radius 3 is 2.39 bits per heavy atom. The first-order valence-corrected chi connectivity index (χ1v) is 8.32. The standard InChI is InChI=1S/C15H14F3NO3S/c1-3-23(21,22)13-9-19(2)8-12(14(13)20)10-5-4-6-11(7-10)15(16,17)18/h4-9H,3H2,1-2H3. The van der Waals surface area contributed by atoms with Gasteiger partial charge in [-0.25, -0.2) is 8.42 Å². The van der Waals surface area contributed by atoms with E-state index in [9.17, 15) is 26.4 Å². The number of pyridine rings is 1. The van der Waals surface area contributed by atoms with Crippen molar-refractivity contribution >= 4 is 9.84 Å². The van der Waals surface area contributed by atoms with Crippen LogP contribution in [0.15, 0.2) is 46.3 Å². The summed E-state index contributed by atoms with van der Waals surface area (Å²) in [5.41, 5.74) is -1.77. The second kappa shape index (κ2) is 5.84. The van der Waals surface area contributed by atoms with Crippen molar-refractivity contribution in [3.8, 4) is 11.1 Å². The van der Waals surface area contributed by atoms with Gasteiger partial charge in [0, 0.05) is 25.0 Å². The fourth-order valence-electron chi connectivity index (χ4n) is 2.12. The maximum Gasteiger partial charge on any atom is 0.416 e. The zero-order chi connectivity index (χ0) is 17.4. The van der Waals surface area contributed by atoms with Crippen LogP contribution in [0.5, 0.6) is 0 Å². The second-order valence-electron chi connectivity index (χ2n) is 5.01. The number of benzene rings is 1. The predicted molar refractivity (Wildman–Crippen MR) is 79.8 cm³/mol. The van der Waals surface area contributed by atoms with E-state index >= 15 is 0 Å². The molecule has 124 valence electrons. The minimum absolute atomic E-state index is 0.0218. The summed E-state index contributed by atoms with van der Waals surface area (Å²) in [6.07, 6.45) is -2.07. The van der Waals surface area contributed by atoms with Crippen molar-refractivity contribution in [2.75, 3.05) is 5.75 Å². The van der Waals surface area contributed by atoms with Gasteiger partial charge in [0.1, 0.15) is 4.90 Å². The van der Waals surface area contributed by atoms with Crippen LogP contribution in [0.2, 0.25) is 0 Å². The van der Waals surface area contributed by atoms with E-state index in [0.29, 0.717) is 0 Å². The van der Waals surface area contributed by atoms with E-state index in [1.54, 1.807) is 0 Å². The number of sulfone groups is 1. The van der Waals surface area contributed by atoms with Gasteiger partial charge in [0.05, 0.1) is 11.3 Å². The first kappa shape index (κ1) is 17.3.